The van der Waals surface area contributed by atoms with Gasteiger partial charge in [0.2, 0.25) is 5.95 Å². The van der Waals surface area contributed by atoms with Crippen molar-refractivity contribution in [1.82, 2.24) is 9.97 Å². The van der Waals surface area contributed by atoms with E-state index in [1.54, 1.807) is 35.4 Å². The van der Waals surface area contributed by atoms with Crippen LogP contribution in [-0.2, 0) is 14.6 Å². The summed E-state index contributed by atoms with van der Waals surface area (Å²) < 4.78 is 12.5. The van der Waals surface area contributed by atoms with Gasteiger partial charge < -0.3 is 14.5 Å². The minimum absolute atomic E-state index is 0.00474. The average molecular weight is 611 g/mol. The van der Waals surface area contributed by atoms with Gasteiger partial charge in [0.25, 0.3) is 0 Å². The van der Waals surface area contributed by atoms with Crippen LogP contribution in [-0.4, -0.2) is 43.1 Å². The Morgan fingerprint density at radius 2 is 1.80 bits per heavy atom. The third-order valence-corrected chi connectivity index (χ3v) is 12.9. The predicted octanol–water partition coefficient (Wildman–Crippen LogP) is 7.97. The summed E-state index contributed by atoms with van der Waals surface area (Å²) in [5, 5.41) is 22.9. The van der Waals surface area contributed by atoms with E-state index in [2.05, 4.69) is 63.2 Å². The minimum Gasteiger partial charge on any atom is -0.443 e. The molecule has 0 saturated heterocycles. The number of benzene rings is 2. The third kappa shape index (κ3) is 6.77. The number of amides is 1. The quantitative estimate of drug-likeness (QED) is 0.279. The van der Waals surface area contributed by atoms with E-state index < -0.39 is 25.4 Å². The van der Waals surface area contributed by atoms with Crippen LogP contribution < -0.4 is 10.2 Å². The van der Waals surface area contributed by atoms with Gasteiger partial charge >= 0.3 is 6.09 Å². The average Bonchev–Trinajstić information content (AvgIpc) is 3.24. The summed E-state index contributed by atoms with van der Waals surface area (Å²) in [5.41, 5.74) is 3.97. The second kappa shape index (κ2) is 11.7. The molecule has 2 aromatic carbocycles. The van der Waals surface area contributed by atoms with Crippen molar-refractivity contribution in [2.24, 2.45) is 0 Å². The number of aromatic nitrogens is 2. The second-order valence-electron chi connectivity index (χ2n) is 14.2. The number of nitriles is 2. The van der Waals surface area contributed by atoms with Crippen molar-refractivity contribution in [3.05, 3.63) is 64.8 Å². The minimum atomic E-state index is -2.13. The highest BCUT2D eigenvalue weighted by Crippen LogP contribution is 2.47. The van der Waals surface area contributed by atoms with Gasteiger partial charge in [-0.25, -0.2) is 14.8 Å². The molecule has 1 amide bonds. The fourth-order valence-corrected chi connectivity index (χ4v) is 5.92. The maximum Gasteiger partial charge on any atom is 0.414 e. The van der Waals surface area contributed by atoms with Crippen molar-refractivity contribution >= 4 is 31.7 Å². The molecule has 0 fully saturated rings. The van der Waals surface area contributed by atoms with E-state index in [4.69, 9.17) is 14.1 Å². The zero-order valence-corrected chi connectivity index (χ0v) is 28.4. The zero-order chi connectivity index (χ0) is 32.7. The van der Waals surface area contributed by atoms with Crippen LogP contribution in [0.2, 0.25) is 18.1 Å². The number of ether oxygens (including phenoxy) is 1. The van der Waals surface area contributed by atoms with E-state index in [1.807, 2.05) is 39.8 Å². The normalized spacial score (nSPS) is 16.6. The first-order valence-electron chi connectivity index (χ1n) is 14.7. The van der Waals surface area contributed by atoms with Crippen LogP contribution in [0.3, 0.4) is 0 Å². The van der Waals surface area contributed by atoms with Crippen LogP contribution >= 0.6 is 0 Å². The summed E-state index contributed by atoms with van der Waals surface area (Å²) in [7, 11) is -2.13. The highest BCUT2D eigenvalue weighted by molar-refractivity contribution is 6.74. The van der Waals surface area contributed by atoms with E-state index in [9.17, 15) is 15.3 Å². The monoisotopic (exact) mass is 610 g/mol. The van der Waals surface area contributed by atoms with Gasteiger partial charge in [-0.15, -0.1) is 0 Å². The lowest BCUT2D eigenvalue weighted by molar-refractivity contribution is 0.0575. The van der Waals surface area contributed by atoms with E-state index in [1.165, 1.54) is 0 Å². The Morgan fingerprint density at radius 3 is 2.41 bits per heavy atom. The standard InChI is InChI=1S/C34H42N6O3Si/c1-22-11-12-23(18-35)15-28(22)39-30-37-14-13-27(38-30)24-16-25(19-36)29-26(17-24)34(8,21-42-44(9,10)33(5,6)7)20-40(29)31(41)43-32(2,3)4/h11-17H,20-21H2,1-10H3,(H,37,38,39). The lowest BCUT2D eigenvalue weighted by Crippen LogP contribution is -2.46. The fourth-order valence-electron chi connectivity index (χ4n) is 4.81. The van der Waals surface area contributed by atoms with Crippen LogP contribution in [0.5, 0.6) is 0 Å². The molecule has 0 radical (unpaired) electrons. The molecule has 0 saturated carbocycles. The van der Waals surface area contributed by atoms with Gasteiger partial charge in [0.15, 0.2) is 8.32 Å². The second-order valence-corrected chi connectivity index (χ2v) is 19.0. The molecule has 0 spiro atoms. The summed E-state index contributed by atoms with van der Waals surface area (Å²) in [6.45, 7) is 21.2. The smallest absolute Gasteiger partial charge is 0.414 e. The molecule has 0 bridgehead atoms. The van der Waals surface area contributed by atoms with Crippen molar-refractivity contribution < 1.29 is 14.0 Å². The SMILES string of the molecule is Cc1ccc(C#N)cc1Nc1nccc(-c2cc(C#N)c3c(c2)C(C)(CO[Si](C)(C)C(C)(C)C)CN3C(=O)OC(C)(C)C)n1. The molecule has 44 heavy (non-hydrogen) atoms. The summed E-state index contributed by atoms with van der Waals surface area (Å²) >= 11 is 0. The molecule has 230 valence electrons. The molecule has 1 aromatic heterocycles. The van der Waals surface area contributed by atoms with Crippen molar-refractivity contribution in [2.45, 2.75) is 84.5 Å². The Bertz CT molecular complexity index is 1680. The number of rotatable bonds is 6. The lowest BCUT2D eigenvalue weighted by atomic mass is 9.83. The Hall–Kier alpha value is -4.25. The van der Waals surface area contributed by atoms with Crippen molar-refractivity contribution in [3.8, 4) is 23.4 Å². The number of anilines is 3. The highest BCUT2D eigenvalue weighted by atomic mass is 28.4. The van der Waals surface area contributed by atoms with E-state index >= 15 is 0 Å². The number of nitrogens with zero attached hydrogens (tertiary/aromatic N) is 5. The Kier molecular flexibility index (Phi) is 8.67. The van der Waals surface area contributed by atoms with Crippen LogP contribution in [0.1, 0.15) is 70.7 Å². The first kappa shape index (κ1) is 32.7. The zero-order valence-electron chi connectivity index (χ0n) is 27.4. The molecule has 2 heterocycles. The lowest BCUT2D eigenvalue weighted by Gasteiger charge is -2.39. The Labute approximate surface area is 262 Å². The molecule has 1 atom stereocenters. The topological polar surface area (TPSA) is 124 Å². The number of nitrogens with one attached hydrogen (secondary N) is 1. The summed E-state index contributed by atoms with van der Waals surface area (Å²) in [6.07, 6.45) is 1.16. The third-order valence-electron chi connectivity index (χ3n) is 8.39. The van der Waals surface area contributed by atoms with Crippen molar-refractivity contribution in [1.29, 1.82) is 10.5 Å². The van der Waals surface area contributed by atoms with Gasteiger partial charge in [0, 0.05) is 36.0 Å². The van der Waals surface area contributed by atoms with Gasteiger partial charge in [-0.3, -0.25) is 4.90 Å². The van der Waals surface area contributed by atoms with E-state index in [0.717, 1.165) is 22.4 Å². The van der Waals surface area contributed by atoms with Crippen LogP contribution in [0.15, 0.2) is 42.6 Å². The van der Waals surface area contributed by atoms with E-state index in [-0.39, 0.29) is 5.04 Å². The van der Waals surface area contributed by atoms with Crippen molar-refractivity contribution in [2.75, 3.05) is 23.4 Å². The molecule has 1 N–H and O–H groups in total. The van der Waals surface area contributed by atoms with Gasteiger partial charge in [0.1, 0.15) is 11.7 Å². The number of carbonyl (C=O) groups excluding carboxylic acids is 1. The predicted molar refractivity (Wildman–Crippen MR) is 175 cm³/mol. The number of fused-ring (bicyclic) bond motifs is 1. The number of hydrogen-bond acceptors (Lipinski definition) is 8. The van der Waals surface area contributed by atoms with Crippen LogP contribution in [0.4, 0.5) is 22.1 Å². The van der Waals surface area contributed by atoms with Gasteiger partial charge in [-0.1, -0.05) is 33.8 Å². The molecule has 1 aliphatic heterocycles. The Morgan fingerprint density at radius 1 is 1.09 bits per heavy atom. The van der Waals surface area contributed by atoms with Crippen molar-refractivity contribution in [3.63, 3.8) is 0 Å². The maximum atomic E-state index is 13.5. The maximum absolute atomic E-state index is 13.5. The molecule has 1 unspecified atom stereocenters. The molecule has 3 aromatic rings. The van der Waals surface area contributed by atoms with Crippen LogP contribution in [0.25, 0.3) is 11.3 Å². The molecule has 9 nitrogen and oxygen atoms in total. The molecule has 1 aliphatic rings. The summed E-state index contributed by atoms with van der Waals surface area (Å²) in [4.78, 5) is 24.2. The molecule has 10 heteroatoms. The van der Waals surface area contributed by atoms with Crippen LogP contribution in [0, 0.1) is 29.6 Å². The van der Waals surface area contributed by atoms with E-state index in [0.29, 0.717) is 41.6 Å². The summed E-state index contributed by atoms with van der Waals surface area (Å²) in [5.74, 6) is 0.360. The highest BCUT2D eigenvalue weighted by Gasteiger charge is 2.47. The summed E-state index contributed by atoms with van der Waals surface area (Å²) in [6, 6.07) is 15.4. The molecule has 0 aliphatic carbocycles. The van der Waals surface area contributed by atoms with Gasteiger partial charge in [-0.2, -0.15) is 10.5 Å². The molecular weight excluding hydrogens is 568 g/mol. The first-order chi connectivity index (χ1) is 20.4. The number of carbonyl (C=O) groups is 1. The van der Waals surface area contributed by atoms with Gasteiger partial charge in [0.05, 0.1) is 28.6 Å². The fraction of sp³-hybridized carbons (Fsp3) is 0.441. The largest absolute Gasteiger partial charge is 0.443 e. The number of hydrogen-bond donors (Lipinski definition) is 1. The first-order valence-corrected chi connectivity index (χ1v) is 17.6. The Balaban J connectivity index is 1.80. The molecular formula is C34H42N6O3Si. The van der Waals surface area contributed by atoms with Gasteiger partial charge in [-0.05, 0) is 87.3 Å². The number of aryl methyl sites for hydroxylation is 1. The molecule has 4 rings (SSSR count).